The van der Waals surface area contributed by atoms with Gasteiger partial charge in [-0.2, -0.15) is 0 Å². The summed E-state index contributed by atoms with van der Waals surface area (Å²) in [6.45, 7) is 1.57. The van der Waals surface area contributed by atoms with Crippen LogP contribution in [0.5, 0.6) is 0 Å². The summed E-state index contributed by atoms with van der Waals surface area (Å²) in [5, 5.41) is 0. The first-order valence-electron chi connectivity index (χ1n) is 10.4. The number of aryl methyl sites for hydroxylation is 1. The molecule has 6 nitrogen and oxygen atoms in total. The summed E-state index contributed by atoms with van der Waals surface area (Å²) >= 11 is 0. The zero-order valence-electron chi connectivity index (χ0n) is 17.2. The van der Waals surface area contributed by atoms with Crippen LogP contribution in [0.25, 0.3) is 11.3 Å². The summed E-state index contributed by atoms with van der Waals surface area (Å²) in [7, 11) is 0. The molecule has 6 heteroatoms. The maximum absolute atomic E-state index is 12.7. The smallest absolute Gasteiger partial charge is 0.248 e. The Kier molecular flexibility index (Phi) is 6.38. The number of primary amides is 1. The lowest BCUT2D eigenvalue weighted by molar-refractivity contribution is -0.139. The van der Waals surface area contributed by atoms with Crippen LogP contribution in [0.3, 0.4) is 0 Å². The molecule has 0 saturated carbocycles. The van der Waals surface area contributed by atoms with E-state index in [-0.39, 0.29) is 12.0 Å². The number of hydrogen-bond acceptors (Lipinski definition) is 4. The van der Waals surface area contributed by atoms with Gasteiger partial charge in [0.1, 0.15) is 6.10 Å². The first-order valence-corrected chi connectivity index (χ1v) is 10.4. The minimum absolute atomic E-state index is 0.135. The highest BCUT2D eigenvalue weighted by Gasteiger charge is 2.26. The van der Waals surface area contributed by atoms with Gasteiger partial charge in [0.25, 0.3) is 0 Å². The highest BCUT2D eigenvalue weighted by atomic mass is 16.5. The molecule has 0 unspecified atom stereocenters. The van der Waals surface area contributed by atoms with E-state index >= 15 is 0 Å². The van der Waals surface area contributed by atoms with Crippen LogP contribution >= 0.6 is 0 Å². The number of aromatic nitrogens is 1. The fourth-order valence-corrected chi connectivity index (χ4v) is 3.71. The fourth-order valence-electron chi connectivity index (χ4n) is 3.71. The number of morpholine rings is 1. The normalized spacial score (nSPS) is 16.1. The lowest BCUT2D eigenvalue weighted by atomic mass is 10.1. The third-order valence-electron chi connectivity index (χ3n) is 5.46. The number of carbonyl (C=O) groups is 2. The van der Waals surface area contributed by atoms with Crippen molar-refractivity contribution in [2.45, 2.75) is 18.9 Å². The summed E-state index contributed by atoms with van der Waals surface area (Å²) in [5.41, 5.74) is 9.39. The van der Waals surface area contributed by atoms with Crippen LogP contribution in [0.2, 0.25) is 0 Å². The van der Waals surface area contributed by atoms with Gasteiger partial charge in [-0.25, -0.2) is 4.98 Å². The van der Waals surface area contributed by atoms with E-state index in [0.29, 0.717) is 31.7 Å². The third-order valence-corrected chi connectivity index (χ3v) is 5.46. The van der Waals surface area contributed by atoms with Gasteiger partial charge in [-0.05, 0) is 36.2 Å². The van der Waals surface area contributed by atoms with Crippen molar-refractivity contribution in [3.8, 4) is 11.3 Å². The van der Waals surface area contributed by atoms with Crippen LogP contribution in [0, 0.1) is 0 Å². The maximum Gasteiger partial charge on any atom is 0.248 e. The molecule has 1 fully saturated rings. The minimum Gasteiger partial charge on any atom is -0.368 e. The number of rotatable bonds is 6. The molecule has 2 heterocycles. The van der Waals surface area contributed by atoms with Crippen molar-refractivity contribution >= 4 is 11.8 Å². The number of nitrogens with zero attached hydrogens (tertiary/aromatic N) is 2. The van der Waals surface area contributed by atoms with Gasteiger partial charge in [0, 0.05) is 24.1 Å². The first-order chi connectivity index (χ1) is 15.1. The van der Waals surface area contributed by atoms with Crippen molar-refractivity contribution in [2.24, 2.45) is 5.73 Å². The minimum atomic E-state index is -0.458. The van der Waals surface area contributed by atoms with Crippen molar-refractivity contribution < 1.29 is 14.3 Å². The molecule has 1 atom stereocenters. The van der Waals surface area contributed by atoms with E-state index in [1.165, 1.54) is 0 Å². The van der Waals surface area contributed by atoms with Gasteiger partial charge in [-0.15, -0.1) is 0 Å². The zero-order valence-corrected chi connectivity index (χ0v) is 17.2. The third kappa shape index (κ3) is 5.16. The van der Waals surface area contributed by atoms with Gasteiger partial charge >= 0.3 is 0 Å². The Labute approximate surface area is 181 Å². The van der Waals surface area contributed by atoms with Crippen molar-refractivity contribution in [2.75, 3.05) is 19.7 Å². The number of nitrogens with two attached hydrogens (primary N) is 1. The average Bonchev–Trinajstić information content (AvgIpc) is 2.83. The molecule has 158 valence electrons. The molecule has 2 aromatic carbocycles. The first kappa shape index (κ1) is 20.8. The van der Waals surface area contributed by atoms with E-state index in [2.05, 4.69) is 0 Å². The average molecular weight is 415 g/mol. The second kappa shape index (κ2) is 9.53. The predicted octanol–water partition coefficient (Wildman–Crippen LogP) is 3.38. The summed E-state index contributed by atoms with van der Waals surface area (Å²) in [4.78, 5) is 30.6. The van der Waals surface area contributed by atoms with Gasteiger partial charge in [0.2, 0.25) is 11.8 Å². The molecule has 1 saturated heterocycles. The highest BCUT2D eigenvalue weighted by Crippen LogP contribution is 2.25. The Morgan fingerprint density at radius 1 is 1.00 bits per heavy atom. The van der Waals surface area contributed by atoms with Gasteiger partial charge in [-0.1, -0.05) is 48.5 Å². The molecule has 4 rings (SSSR count). The van der Waals surface area contributed by atoms with Gasteiger partial charge < -0.3 is 15.4 Å². The molecule has 1 aromatic heterocycles. The van der Waals surface area contributed by atoms with Crippen molar-refractivity contribution in [3.05, 3.63) is 89.6 Å². The molecular weight excluding hydrogens is 390 g/mol. The monoisotopic (exact) mass is 415 g/mol. The second-order valence-electron chi connectivity index (χ2n) is 7.57. The Morgan fingerprint density at radius 3 is 2.52 bits per heavy atom. The zero-order chi connectivity index (χ0) is 21.6. The standard InChI is InChI=1S/C25H25N3O3/c26-25(30)20-12-10-19(11-13-20)21-7-4-8-22(27-21)23-17-28(15-16-31-23)24(29)14-9-18-5-2-1-3-6-18/h1-8,10-13,23H,9,14-17H2,(H2,26,30)/t23-/m0/s1. The number of hydrogen-bond donors (Lipinski definition) is 1. The van der Waals surface area contributed by atoms with Crippen LogP contribution in [0.15, 0.2) is 72.8 Å². The van der Waals surface area contributed by atoms with Crippen molar-refractivity contribution in [3.63, 3.8) is 0 Å². The molecule has 0 spiro atoms. The van der Waals surface area contributed by atoms with E-state index in [1.807, 2.05) is 65.6 Å². The molecule has 0 bridgehead atoms. The summed E-state index contributed by atoms with van der Waals surface area (Å²) in [5.74, 6) is -0.323. The van der Waals surface area contributed by atoms with Crippen molar-refractivity contribution in [1.82, 2.24) is 9.88 Å². The van der Waals surface area contributed by atoms with Crippen LogP contribution in [-0.2, 0) is 16.0 Å². The molecule has 2 amide bonds. The molecule has 2 N–H and O–H groups in total. The Balaban J connectivity index is 1.42. The molecule has 1 aliphatic rings. The summed E-state index contributed by atoms with van der Waals surface area (Å²) < 4.78 is 5.93. The van der Waals surface area contributed by atoms with Crippen LogP contribution in [-0.4, -0.2) is 41.4 Å². The summed E-state index contributed by atoms with van der Waals surface area (Å²) in [6.07, 6.45) is 0.951. The number of carbonyl (C=O) groups excluding carboxylic acids is 2. The molecule has 3 aromatic rings. The molecule has 0 radical (unpaired) electrons. The Morgan fingerprint density at radius 2 is 1.77 bits per heavy atom. The quantitative estimate of drug-likeness (QED) is 0.669. The largest absolute Gasteiger partial charge is 0.368 e. The van der Waals surface area contributed by atoms with Gasteiger partial charge in [0.05, 0.1) is 24.5 Å². The van der Waals surface area contributed by atoms with Crippen LogP contribution < -0.4 is 5.73 Å². The lowest BCUT2D eigenvalue weighted by Crippen LogP contribution is -2.42. The predicted molar refractivity (Wildman–Crippen MR) is 118 cm³/mol. The van der Waals surface area contributed by atoms with E-state index in [0.717, 1.165) is 28.9 Å². The maximum atomic E-state index is 12.7. The molecular formula is C25H25N3O3. The molecule has 0 aliphatic carbocycles. The second-order valence-corrected chi connectivity index (χ2v) is 7.57. The van der Waals surface area contributed by atoms with Crippen LogP contribution in [0.1, 0.15) is 34.1 Å². The summed E-state index contributed by atoms with van der Waals surface area (Å²) in [6, 6.07) is 22.8. The number of benzene rings is 2. The van der Waals surface area contributed by atoms with E-state index in [4.69, 9.17) is 15.5 Å². The Bertz CT molecular complexity index is 1050. The van der Waals surface area contributed by atoms with Gasteiger partial charge in [-0.3, -0.25) is 9.59 Å². The number of pyridine rings is 1. The molecule has 31 heavy (non-hydrogen) atoms. The van der Waals surface area contributed by atoms with Gasteiger partial charge in [0.15, 0.2) is 0 Å². The van der Waals surface area contributed by atoms with E-state index in [1.54, 1.807) is 12.1 Å². The van der Waals surface area contributed by atoms with Crippen LogP contribution in [0.4, 0.5) is 0 Å². The van der Waals surface area contributed by atoms with E-state index in [9.17, 15) is 9.59 Å². The SMILES string of the molecule is NC(=O)c1ccc(-c2cccc([C@@H]3CN(C(=O)CCc4ccccc4)CCO3)n2)cc1. The lowest BCUT2D eigenvalue weighted by Gasteiger charge is -2.33. The number of ether oxygens (including phenoxy) is 1. The topological polar surface area (TPSA) is 85.5 Å². The molecule has 1 aliphatic heterocycles. The number of amides is 2. The fraction of sp³-hybridized carbons (Fsp3) is 0.240. The van der Waals surface area contributed by atoms with E-state index < -0.39 is 5.91 Å². The Hall–Kier alpha value is -3.51. The van der Waals surface area contributed by atoms with Crippen molar-refractivity contribution in [1.29, 1.82) is 0 Å². The highest BCUT2D eigenvalue weighted by molar-refractivity contribution is 5.93.